The van der Waals surface area contributed by atoms with Crippen molar-refractivity contribution in [2.24, 2.45) is 0 Å². The number of nitrogens with zero attached hydrogens (tertiary/aromatic N) is 1. The van der Waals surface area contributed by atoms with Crippen LogP contribution in [0.25, 0.3) is 6.08 Å². The van der Waals surface area contributed by atoms with E-state index in [1.54, 1.807) is 30.3 Å². The van der Waals surface area contributed by atoms with E-state index in [0.29, 0.717) is 28.1 Å². The average Bonchev–Trinajstić information content (AvgIpc) is 2.82. The fourth-order valence-electron chi connectivity index (χ4n) is 3.40. The van der Waals surface area contributed by atoms with Gasteiger partial charge in [-0.1, -0.05) is 53.2 Å². The van der Waals surface area contributed by atoms with Gasteiger partial charge in [-0.05, 0) is 81.5 Å². The summed E-state index contributed by atoms with van der Waals surface area (Å²) in [4.78, 5) is 38.9. The summed E-state index contributed by atoms with van der Waals surface area (Å²) >= 11 is 6.90. The molecule has 3 aromatic rings. The number of nitrogens with one attached hydrogen (secondary N) is 1. The van der Waals surface area contributed by atoms with Gasteiger partial charge in [0.15, 0.2) is 0 Å². The largest absolute Gasteiger partial charge is 0.488 e. The quantitative estimate of drug-likeness (QED) is 0.284. The third kappa shape index (κ3) is 5.29. The van der Waals surface area contributed by atoms with E-state index < -0.39 is 17.8 Å². The first-order chi connectivity index (χ1) is 16.4. The van der Waals surface area contributed by atoms with Gasteiger partial charge in [-0.2, -0.15) is 0 Å². The van der Waals surface area contributed by atoms with Gasteiger partial charge in [-0.25, -0.2) is 9.69 Å². The van der Waals surface area contributed by atoms with Gasteiger partial charge in [0.05, 0.1) is 10.2 Å². The van der Waals surface area contributed by atoms with Crippen LogP contribution in [0.2, 0.25) is 0 Å². The predicted molar refractivity (Wildman–Crippen MR) is 137 cm³/mol. The van der Waals surface area contributed by atoms with Crippen LogP contribution in [0.15, 0.2) is 81.2 Å². The fourth-order valence-corrected chi connectivity index (χ4v) is 4.18. The summed E-state index contributed by atoms with van der Waals surface area (Å²) in [6.07, 6.45) is 2.29. The number of halogens is 2. The Hall–Kier alpha value is -3.23. The SMILES string of the molecule is CCc1ccc(N2C(=O)NC(=O)/C(=C/c3ccc(OCc4ccc(Br)cc4)c(Br)c3)C2=O)cc1. The summed E-state index contributed by atoms with van der Waals surface area (Å²) in [6, 6.07) is 19.4. The van der Waals surface area contributed by atoms with E-state index in [4.69, 9.17) is 4.74 Å². The number of urea groups is 1. The number of amides is 4. The number of carbonyl (C=O) groups excluding carboxylic acids is 3. The first kappa shape index (κ1) is 23.9. The highest BCUT2D eigenvalue weighted by atomic mass is 79.9. The van der Waals surface area contributed by atoms with Crippen molar-refractivity contribution in [3.8, 4) is 5.75 Å². The third-order valence-electron chi connectivity index (χ3n) is 5.28. The zero-order valence-corrected chi connectivity index (χ0v) is 21.4. The molecule has 1 aliphatic rings. The number of anilines is 1. The minimum absolute atomic E-state index is 0.130. The third-order valence-corrected chi connectivity index (χ3v) is 6.43. The van der Waals surface area contributed by atoms with Crippen molar-refractivity contribution in [2.75, 3.05) is 4.90 Å². The van der Waals surface area contributed by atoms with E-state index in [-0.39, 0.29) is 5.57 Å². The Morgan fingerprint density at radius 3 is 2.24 bits per heavy atom. The van der Waals surface area contributed by atoms with Crippen LogP contribution < -0.4 is 15.0 Å². The summed E-state index contributed by atoms with van der Waals surface area (Å²) in [5.74, 6) is -0.787. The van der Waals surface area contributed by atoms with Crippen LogP contribution >= 0.6 is 31.9 Å². The molecule has 4 rings (SSSR count). The molecule has 3 aromatic carbocycles. The number of ether oxygens (including phenoxy) is 1. The molecule has 0 atom stereocenters. The molecule has 6 nitrogen and oxygen atoms in total. The smallest absolute Gasteiger partial charge is 0.335 e. The molecular formula is C26H20Br2N2O4. The van der Waals surface area contributed by atoms with E-state index in [1.807, 2.05) is 43.3 Å². The molecule has 0 aliphatic carbocycles. The number of hydrogen-bond donors (Lipinski definition) is 1. The Labute approximate surface area is 213 Å². The van der Waals surface area contributed by atoms with Crippen LogP contribution in [0.1, 0.15) is 23.6 Å². The first-order valence-electron chi connectivity index (χ1n) is 10.5. The molecule has 1 fully saturated rings. The number of barbiturate groups is 1. The van der Waals surface area contributed by atoms with Gasteiger partial charge >= 0.3 is 6.03 Å². The van der Waals surface area contributed by atoms with Crippen LogP contribution in [0, 0.1) is 0 Å². The fraction of sp³-hybridized carbons (Fsp3) is 0.115. The standard InChI is InChI=1S/C26H20Br2N2O4/c1-2-16-5-10-20(11-6-16)30-25(32)21(24(31)29-26(30)33)13-18-7-12-23(22(28)14-18)34-15-17-3-8-19(27)9-4-17/h3-14H,2,15H2,1H3,(H,29,31,33)/b21-13-. The molecule has 34 heavy (non-hydrogen) atoms. The number of rotatable bonds is 6. The topological polar surface area (TPSA) is 75.7 Å². The predicted octanol–water partition coefficient (Wildman–Crippen LogP) is 6.02. The summed E-state index contributed by atoms with van der Waals surface area (Å²) in [7, 11) is 0. The minimum Gasteiger partial charge on any atom is -0.488 e. The Morgan fingerprint density at radius 1 is 0.912 bits per heavy atom. The number of aryl methyl sites for hydroxylation is 1. The van der Waals surface area contributed by atoms with Crippen molar-refractivity contribution in [3.63, 3.8) is 0 Å². The maximum Gasteiger partial charge on any atom is 0.335 e. The Kier molecular flexibility index (Phi) is 7.29. The Bertz CT molecular complexity index is 1290. The molecule has 0 saturated carbocycles. The maximum atomic E-state index is 13.1. The second-order valence-corrected chi connectivity index (χ2v) is 9.35. The van der Waals surface area contributed by atoms with Crippen LogP contribution in [-0.2, 0) is 22.6 Å². The van der Waals surface area contributed by atoms with Gasteiger partial charge in [0.2, 0.25) is 0 Å². The first-order valence-corrected chi connectivity index (χ1v) is 12.1. The molecule has 0 aromatic heterocycles. The van der Waals surface area contributed by atoms with Crippen LogP contribution in [0.3, 0.4) is 0 Å². The minimum atomic E-state index is -0.769. The molecule has 1 N–H and O–H groups in total. The van der Waals surface area contributed by atoms with Crippen molar-refractivity contribution in [1.82, 2.24) is 5.32 Å². The molecule has 8 heteroatoms. The molecule has 172 valence electrons. The molecule has 0 unspecified atom stereocenters. The molecule has 0 bridgehead atoms. The molecule has 0 radical (unpaired) electrons. The zero-order chi connectivity index (χ0) is 24.2. The van der Waals surface area contributed by atoms with Gasteiger partial charge < -0.3 is 4.74 Å². The van der Waals surface area contributed by atoms with E-state index in [1.165, 1.54) is 6.08 Å². The second kappa shape index (κ2) is 10.4. The Balaban J connectivity index is 1.54. The monoisotopic (exact) mass is 582 g/mol. The Morgan fingerprint density at radius 2 is 1.59 bits per heavy atom. The molecule has 1 heterocycles. The summed E-state index contributed by atoms with van der Waals surface area (Å²) in [5.41, 5.74) is 2.97. The van der Waals surface area contributed by atoms with Crippen molar-refractivity contribution in [2.45, 2.75) is 20.0 Å². The summed E-state index contributed by atoms with van der Waals surface area (Å²) < 4.78 is 7.54. The van der Waals surface area contributed by atoms with Crippen LogP contribution in [-0.4, -0.2) is 17.8 Å². The van der Waals surface area contributed by atoms with Crippen LogP contribution in [0.4, 0.5) is 10.5 Å². The average molecular weight is 584 g/mol. The van der Waals surface area contributed by atoms with Crippen molar-refractivity contribution in [1.29, 1.82) is 0 Å². The van der Waals surface area contributed by atoms with E-state index in [2.05, 4.69) is 37.2 Å². The molecular weight excluding hydrogens is 564 g/mol. The van der Waals surface area contributed by atoms with E-state index in [9.17, 15) is 14.4 Å². The maximum absolute atomic E-state index is 13.1. The second-order valence-electron chi connectivity index (χ2n) is 7.58. The normalized spacial score (nSPS) is 15.0. The highest BCUT2D eigenvalue weighted by molar-refractivity contribution is 9.10. The van der Waals surface area contributed by atoms with Crippen molar-refractivity contribution in [3.05, 3.63) is 97.9 Å². The number of benzene rings is 3. The molecule has 1 saturated heterocycles. The van der Waals surface area contributed by atoms with Gasteiger partial charge in [-0.3, -0.25) is 14.9 Å². The summed E-state index contributed by atoms with van der Waals surface area (Å²) in [5, 5.41) is 2.24. The number of carbonyl (C=O) groups is 3. The number of hydrogen-bond acceptors (Lipinski definition) is 4. The lowest BCUT2D eigenvalue weighted by molar-refractivity contribution is -0.122. The van der Waals surface area contributed by atoms with Gasteiger partial charge in [0, 0.05) is 4.47 Å². The lowest BCUT2D eigenvalue weighted by Crippen LogP contribution is -2.54. The highest BCUT2D eigenvalue weighted by Gasteiger charge is 2.36. The van der Waals surface area contributed by atoms with Gasteiger partial charge in [-0.15, -0.1) is 0 Å². The van der Waals surface area contributed by atoms with E-state index >= 15 is 0 Å². The lowest BCUT2D eigenvalue weighted by Gasteiger charge is -2.26. The van der Waals surface area contributed by atoms with Crippen molar-refractivity contribution < 1.29 is 19.1 Å². The van der Waals surface area contributed by atoms with Crippen molar-refractivity contribution >= 4 is 61.5 Å². The van der Waals surface area contributed by atoms with Gasteiger partial charge in [0.1, 0.15) is 17.9 Å². The molecule has 1 aliphatic heterocycles. The molecule has 0 spiro atoms. The van der Waals surface area contributed by atoms with E-state index in [0.717, 1.165) is 26.9 Å². The lowest BCUT2D eigenvalue weighted by atomic mass is 10.1. The zero-order valence-electron chi connectivity index (χ0n) is 18.2. The summed E-state index contributed by atoms with van der Waals surface area (Å²) in [6.45, 7) is 2.41. The highest BCUT2D eigenvalue weighted by Crippen LogP contribution is 2.29. The molecule has 4 amide bonds. The van der Waals surface area contributed by atoms with Gasteiger partial charge in [0.25, 0.3) is 11.8 Å². The van der Waals surface area contributed by atoms with Crippen LogP contribution in [0.5, 0.6) is 5.75 Å². The number of imide groups is 2.